The van der Waals surface area contributed by atoms with Crippen molar-refractivity contribution in [1.29, 1.82) is 0 Å². The minimum Gasteiger partial charge on any atom is -0.321 e. The third-order valence-corrected chi connectivity index (χ3v) is 14.4. The van der Waals surface area contributed by atoms with Gasteiger partial charge < -0.3 is 14.7 Å². The van der Waals surface area contributed by atoms with Crippen LogP contribution in [0, 0.1) is 0 Å². The first-order chi connectivity index (χ1) is 33.7. The Bertz CT molecular complexity index is 3490. The van der Waals surface area contributed by atoms with E-state index in [0.717, 1.165) is 39.6 Å². The van der Waals surface area contributed by atoms with Gasteiger partial charge in [0.25, 0.3) is 0 Å². The maximum Gasteiger partial charge on any atom is 0.137 e. The van der Waals surface area contributed by atoms with Crippen LogP contribution in [0.1, 0.15) is 77.6 Å². The molecule has 0 amide bonds. The van der Waals surface area contributed by atoms with Crippen LogP contribution < -0.4 is 14.7 Å². The monoisotopic (exact) mass is 911 g/mol. The third-order valence-electron chi connectivity index (χ3n) is 14.4. The number of benzene rings is 8. The number of para-hydroxylation sites is 3. The largest absolute Gasteiger partial charge is 0.321 e. The molecule has 0 bridgehead atoms. The predicted molar refractivity (Wildman–Crippen MR) is 297 cm³/mol. The molecule has 0 fully saturated rings. The van der Waals surface area contributed by atoms with Gasteiger partial charge in [0.1, 0.15) is 12.5 Å². The lowest BCUT2D eigenvalue weighted by atomic mass is 9.78. The van der Waals surface area contributed by atoms with Crippen molar-refractivity contribution in [2.75, 3.05) is 21.4 Å². The maximum absolute atomic E-state index is 5.14. The van der Waals surface area contributed by atoms with Crippen molar-refractivity contribution < 1.29 is 0 Å². The van der Waals surface area contributed by atoms with Crippen molar-refractivity contribution in [3.05, 3.63) is 235 Å². The number of pyridine rings is 1. The van der Waals surface area contributed by atoms with Gasteiger partial charge in [-0.05, 0) is 135 Å². The van der Waals surface area contributed by atoms with Crippen LogP contribution in [-0.4, -0.2) is 16.2 Å². The second-order valence-corrected chi connectivity index (χ2v) is 21.5. The Morgan fingerprint density at radius 2 is 1.00 bits per heavy atom. The molecule has 0 radical (unpaired) electrons. The number of hydrogen-bond acceptors (Lipinski definition) is 4. The maximum atomic E-state index is 5.14. The van der Waals surface area contributed by atoms with E-state index < -0.39 is 0 Å². The minimum atomic E-state index is -0.239. The summed E-state index contributed by atoms with van der Waals surface area (Å²) in [4.78, 5) is 12.5. The first-order valence-electron chi connectivity index (χ1n) is 24.6. The number of fused-ring (bicyclic) bond motifs is 4. The molecule has 0 atom stereocenters. The number of rotatable bonds is 9. The molecule has 0 N–H and O–H groups in total. The van der Waals surface area contributed by atoms with Crippen molar-refractivity contribution in [2.24, 2.45) is 0 Å². The summed E-state index contributed by atoms with van der Waals surface area (Å²) in [5.74, 6) is 0.888. The number of nitrogens with zero attached hydrogens (tertiary/aromatic N) is 5. The zero-order chi connectivity index (χ0) is 48.4. The highest BCUT2D eigenvalue weighted by Gasteiger charge is 2.31. The molecule has 0 saturated carbocycles. The summed E-state index contributed by atoms with van der Waals surface area (Å²) in [5, 5.41) is 2.36. The van der Waals surface area contributed by atoms with E-state index in [4.69, 9.17) is 4.98 Å². The molecular weight excluding hydrogens is 851 g/mol. The van der Waals surface area contributed by atoms with Gasteiger partial charge in [-0.1, -0.05) is 171 Å². The second-order valence-electron chi connectivity index (χ2n) is 21.5. The lowest BCUT2D eigenvalue weighted by Crippen LogP contribution is -2.25. The van der Waals surface area contributed by atoms with Gasteiger partial charge in [-0.25, -0.2) is 4.98 Å². The van der Waals surface area contributed by atoms with Crippen LogP contribution in [0.3, 0.4) is 0 Å². The Kier molecular flexibility index (Phi) is 11.0. The molecule has 346 valence electrons. The molecule has 5 heteroatoms. The summed E-state index contributed by atoms with van der Waals surface area (Å²) in [7, 11) is 0. The van der Waals surface area contributed by atoms with Gasteiger partial charge in [0.05, 0.1) is 22.4 Å². The standard InChI is InChI=1S/C65H61N5/c1-63(2,3)49-38-50(64(4,5)6)40-55(39-49)68-44-67(59-29-18-19-30-60(59)68)52-27-20-28-53(42-52)69(51-25-16-11-17-26-51)54-32-33-56-57-37-46(45-21-12-9-13-22-45)31-34-58(57)70(61(56)43-54)62-41-48(35-36-66-62)65(7,8)47-23-14-10-15-24-47/h9-43H,44H2,1-8H3. The molecular formula is C65H61N5. The quantitative estimate of drug-likeness (QED) is 0.144. The normalized spacial score (nSPS) is 13.0. The highest BCUT2D eigenvalue weighted by molar-refractivity contribution is 6.11. The Hall–Kier alpha value is -7.89. The molecule has 8 aromatic carbocycles. The van der Waals surface area contributed by atoms with Crippen LogP contribution in [0.2, 0.25) is 0 Å². The first kappa shape index (κ1) is 44.6. The number of hydrogen-bond donors (Lipinski definition) is 0. The molecule has 2 aromatic heterocycles. The van der Waals surface area contributed by atoms with Crippen molar-refractivity contribution in [3.63, 3.8) is 0 Å². The zero-order valence-corrected chi connectivity index (χ0v) is 41.7. The van der Waals surface area contributed by atoms with E-state index in [1.54, 1.807) is 0 Å². The molecule has 3 heterocycles. The summed E-state index contributed by atoms with van der Waals surface area (Å²) in [6, 6.07) is 75.6. The molecule has 10 aromatic rings. The van der Waals surface area contributed by atoms with E-state index in [1.165, 1.54) is 61.2 Å². The van der Waals surface area contributed by atoms with Crippen LogP contribution in [0.5, 0.6) is 0 Å². The Morgan fingerprint density at radius 1 is 0.400 bits per heavy atom. The van der Waals surface area contributed by atoms with Crippen LogP contribution in [0.25, 0.3) is 38.8 Å². The van der Waals surface area contributed by atoms with Gasteiger partial charge in [-0.15, -0.1) is 0 Å². The highest BCUT2D eigenvalue weighted by atomic mass is 15.4. The SMILES string of the molecule is CC(C)(C)c1cc(N2CN(c3cccc(N(c4ccccc4)c4ccc5c6cc(-c7ccccc7)ccc6n(-c6cc(C(C)(C)c7ccccc7)ccn6)c5c4)c3)c3ccccc32)cc(C(C)(C)C)c1. The smallest absolute Gasteiger partial charge is 0.137 e. The lowest BCUT2D eigenvalue weighted by molar-refractivity contribution is 0.568. The summed E-state index contributed by atoms with van der Waals surface area (Å²) >= 11 is 0. The summed E-state index contributed by atoms with van der Waals surface area (Å²) in [6.45, 7) is 19.2. The Labute approximate surface area is 413 Å². The lowest BCUT2D eigenvalue weighted by Gasteiger charge is -2.30. The molecule has 0 aliphatic carbocycles. The van der Waals surface area contributed by atoms with Gasteiger partial charge in [0.15, 0.2) is 0 Å². The van der Waals surface area contributed by atoms with Crippen LogP contribution in [-0.2, 0) is 16.2 Å². The number of anilines is 7. The van der Waals surface area contributed by atoms with Crippen LogP contribution >= 0.6 is 0 Å². The summed E-state index contributed by atoms with van der Waals surface area (Å²) < 4.78 is 2.36. The Morgan fingerprint density at radius 3 is 1.67 bits per heavy atom. The fraction of sp³-hybridized carbons (Fsp3) is 0.185. The van der Waals surface area contributed by atoms with E-state index in [-0.39, 0.29) is 16.2 Å². The van der Waals surface area contributed by atoms with E-state index in [0.29, 0.717) is 6.67 Å². The minimum absolute atomic E-state index is 0.00643. The fourth-order valence-electron chi connectivity index (χ4n) is 10.3. The van der Waals surface area contributed by atoms with Crippen molar-refractivity contribution >= 4 is 61.6 Å². The van der Waals surface area contributed by atoms with E-state index in [1.807, 2.05) is 6.20 Å². The van der Waals surface area contributed by atoms with Crippen molar-refractivity contribution in [2.45, 2.75) is 71.6 Å². The van der Waals surface area contributed by atoms with E-state index in [9.17, 15) is 0 Å². The van der Waals surface area contributed by atoms with Crippen LogP contribution in [0.4, 0.5) is 39.8 Å². The summed E-state index contributed by atoms with van der Waals surface area (Å²) in [6.07, 6.45) is 1.97. The fourth-order valence-corrected chi connectivity index (χ4v) is 10.3. The van der Waals surface area contributed by atoms with Gasteiger partial charge >= 0.3 is 0 Å². The van der Waals surface area contributed by atoms with Gasteiger partial charge in [0, 0.05) is 50.8 Å². The van der Waals surface area contributed by atoms with E-state index >= 15 is 0 Å². The van der Waals surface area contributed by atoms with Crippen molar-refractivity contribution in [1.82, 2.24) is 9.55 Å². The van der Waals surface area contributed by atoms with Gasteiger partial charge in [-0.2, -0.15) is 0 Å². The molecule has 11 rings (SSSR count). The Balaban J connectivity index is 1.05. The molecule has 1 aliphatic heterocycles. The zero-order valence-electron chi connectivity index (χ0n) is 41.7. The average molecular weight is 912 g/mol. The first-order valence-corrected chi connectivity index (χ1v) is 24.6. The molecule has 0 saturated heterocycles. The molecule has 0 unspecified atom stereocenters. The average Bonchev–Trinajstić information content (AvgIpc) is 3.93. The molecule has 70 heavy (non-hydrogen) atoms. The molecule has 0 spiro atoms. The second kappa shape index (κ2) is 17.3. The van der Waals surface area contributed by atoms with Crippen LogP contribution in [0.15, 0.2) is 212 Å². The number of aromatic nitrogens is 2. The summed E-state index contributed by atoms with van der Waals surface area (Å²) in [5.41, 5.74) is 17.5. The predicted octanol–water partition coefficient (Wildman–Crippen LogP) is 17.5. The highest BCUT2D eigenvalue weighted by Crippen LogP contribution is 2.48. The van der Waals surface area contributed by atoms with Crippen molar-refractivity contribution in [3.8, 4) is 16.9 Å². The molecule has 5 nitrogen and oxygen atoms in total. The topological polar surface area (TPSA) is 27.5 Å². The van der Waals surface area contributed by atoms with Gasteiger partial charge in [-0.3, -0.25) is 4.57 Å². The van der Waals surface area contributed by atoms with E-state index in [2.05, 4.69) is 281 Å². The van der Waals surface area contributed by atoms with Gasteiger partial charge in [0.2, 0.25) is 0 Å². The molecule has 1 aliphatic rings. The third kappa shape index (κ3) is 8.09.